The Labute approximate surface area is 103 Å². The minimum atomic E-state index is 0.625. The van der Waals surface area contributed by atoms with Crippen molar-refractivity contribution >= 4 is 0 Å². The Hall–Kier alpha value is -0.830. The maximum atomic E-state index is 5.88. The van der Waals surface area contributed by atoms with Crippen LogP contribution in [0.2, 0.25) is 0 Å². The van der Waals surface area contributed by atoms with E-state index in [-0.39, 0.29) is 0 Å². The molecule has 0 unspecified atom stereocenters. The molecule has 17 heavy (non-hydrogen) atoms. The number of rotatable bonds is 4. The molecule has 94 valence electrons. The minimum absolute atomic E-state index is 0.625. The molecule has 3 nitrogen and oxygen atoms in total. The largest absolute Gasteiger partial charge is 0.444 e. The molecule has 2 aliphatic carbocycles. The normalized spacial score (nSPS) is 22.6. The standard InChI is InChI=1S/C14H22N2O/c1-2-4-6-11(5-3-1)13-9-16-14(17-13)10-15-12-7-8-12/h9,11-12,15H,1-8,10H2. The van der Waals surface area contributed by atoms with E-state index in [9.17, 15) is 0 Å². The lowest BCUT2D eigenvalue weighted by molar-refractivity contribution is 0.393. The molecule has 0 aliphatic heterocycles. The highest BCUT2D eigenvalue weighted by Crippen LogP contribution is 2.31. The monoisotopic (exact) mass is 234 g/mol. The van der Waals surface area contributed by atoms with Crippen LogP contribution in [0.5, 0.6) is 0 Å². The van der Waals surface area contributed by atoms with Gasteiger partial charge in [-0.3, -0.25) is 0 Å². The van der Waals surface area contributed by atoms with E-state index in [1.165, 1.54) is 51.4 Å². The van der Waals surface area contributed by atoms with Crippen LogP contribution in [-0.4, -0.2) is 11.0 Å². The first-order valence-electron chi connectivity index (χ1n) is 7.10. The molecule has 1 aromatic heterocycles. The van der Waals surface area contributed by atoms with Gasteiger partial charge in [0.05, 0.1) is 12.7 Å². The van der Waals surface area contributed by atoms with Crippen molar-refractivity contribution in [2.45, 2.75) is 69.9 Å². The molecule has 2 aliphatic rings. The van der Waals surface area contributed by atoms with Crippen LogP contribution in [0.4, 0.5) is 0 Å². The zero-order valence-corrected chi connectivity index (χ0v) is 10.5. The molecular formula is C14H22N2O. The molecule has 0 bridgehead atoms. The van der Waals surface area contributed by atoms with Crippen LogP contribution < -0.4 is 5.32 Å². The molecule has 3 rings (SSSR count). The van der Waals surface area contributed by atoms with Crippen LogP contribution in [0.15, 0.2) is 10.6 Å². The summed E-state index contributed by atoms with van der Waals surface area (Å²) in [4.78, 5) is 4.39. The van der Waals surface area contributed by atoms with Crippen molar-refractivity contribution in [3.63, 3.8) is 0 Å². The summed E-state index contributed by atoms with van der Waals surface area (Å²) in [6.45, 7) is 0.803. The molecule has 0 aromatic carbocycles. The van der Waals surface area contributed by atoms with Crippen LogP contribution in [-0.2, 0) is 6.54 Å². The lowest BCUT2D eigenvalue weighted by Gasteiger charge is -2.09. The van der Waals surface area contributed by atoms with E-state index in [1.807, 2.05) is 6.20 Å². The third kappa shape index (κ3) is 3.09. The minimum Gasteiger partial charge on any atom is -0.444 e. The third-order valence-electron chi connectivity index (χ3n) is 3.95. The van der Waals surface area contributed by atoms with Crippen molar-refractivity contribution in [2.75, 3.05) is 0 Å². The van der Waals surface area contributed by atoms with Gasteiger partial charge in [0.1, 0.15) is 5.76 Å². The van der Waals surface area contributed by atoms with Crippen molar-refractivity contribution in [1.82, 2.24) is 10.3 Å². The number of hydrogen-bond donors (Lipinski definition) is 1. The summed E-state index contributed by atoms with van der Waals surface area (Å²) in [6, 6.07) is 0.725. The molecule has 1 aromatic rings. The number of hydrogen-bond acceptors (Lipinski definition) is 3. The fourth-order valence-corrected chi connectivity index (χ4v) is 2.68. The molecule has 2 fully saturated rings. The topological polar surface area (TPSA) is 38.1 Å². The second kappa shape index (κ2) is 5.21. The zero-order valence-electron chi connectivity index (χ0n) is 10.5. The van der Waals surface area contributed by atoms with E-state index < -0.39 is 0 Å². The summed E-state index contributed by atoms with van der Waals surface area (Å²) in [6.07, 6.45) is 12.6. The van der Waals surface area contributed by atoms with Gasteiger partial charge in [0.15, 0.2) is 0 Å². The maximum absolute atomic E-state index is 5.88. The highest BCUT2D eigenvalue weighted by molar-refractivity contribution is 5.02. The molecule has 0 atom stereocenters. The fourth-order valence-electron chi connectivity index (χ4n) is 2.68. The molecule has 0 spiro atoms. The van der Waals surface area contributed by atoms with Gasteiger partial charge in [-0.1, -0.05) is 25.7 Å². The molecule has 0 radical (unpaired) electrons. The van der Waals surface area contributed by atoms with Gasteiger partial charge in [-0.2, -0.15) is 0 Å². The Morgan fingerprint density at radius 1 is 1.12 bits per heavy atom. The predicted octanol–water partition coefficient (Wildman–Crippen LogP) is 3.36. The van der Waals surface area contributed by atoms with Crippen molar-refractivity contribution in [3.8, 4) is 0 Å². The van der Waals surface area contributed by atoms with Gasteiger partial charge >= 0.3 is 0 Å². The van der Waals surface area contributed by atoms with Crippen molar-refractivity contribution in [2.24, 2.45) is 0 Å². The highest BCUT2D eigenvalue weighted by atomic mass is 16.4. The number of oxazole rings is 1. The van der Waals surface area contributed by atoms with Crippen LogP contribution in [0.1, 0.15) is 68.9 Å². The smallest absolute Gasteiger partial charge is 0.208 e. The summed E-state index contributed by atoms with van der Waals surface area (Å²) < 4.78 is 5.88. The fraction of sp³-hybridized carbons (Fsp3) is 0.786. The predicted molar refractivity (Wildman–Crippen MR) is 66.8 cm³/mol. The number of nitrogens with one attached hydrogen (secondary N) is 1. The zero-order chi connectivity index (χ0) is 11.5. The van der Waals surface area contributed by atoms with E-state index in [4.69, 9.17) is 4.42 Å². The second-order valence-corrected chi connectivity index (χ2v) is 5.50. The third-order valence-corrected chi connectivity index (χ3v) is 3.95. The van der Waals surface area contributed by atoms with Crippen molar-refractivity contribution < 1.29 is 4.42 Å². The van der Waals surface area contributed by atoms with Crippen molar-refractivity contribution in [3.05, 3.63) is 17.8 Å². The lowest BCUT2D eigenvalue weighted by Crippen LogP contribution is -2.15. The van der Waals surface area contributed by atoms with Gasteiger partial charge in [-0.25, -0.2) is 4.98 Å². The van der Waals surface area contributed by atoms with E-state index in [2.05, 4.69) is 10.3 Å². The first kappa shape index (κ1) is 11.3. The Morgan fingerprint density at radius 2 is 1.88 bits per heavy atom. The highest BCUT2D eigenvalue weighted by Gasteiger charge is 2.22. The van der Waals surface area contributed by atoms with Crippen LogP contribution in [0.3, 0.4) is 0 Å². The van der Waals surface area contributed by atoms with Crippen LogP contribution >= 0.6 is 0 Å². The average Bonchev–Trinajstić information content (AvgIpc) is 3.12. The molecule has 0 saturated heterocycles. The van der Waals surface area contributed by atoms with E-state index in [1.54, 1.807) is 0 Å². The molecule has 0 amide bonds. The quantitative estimate of drug-likeness (QED) is 0.812. The number of aromatic nitrogens is 1. The van der Waals surface area contributed by atoms with Gasteiger partial charge < -0.3 is 9.73 Å². The van der Waals surface area contributed by atoms with Gasteiger partial charge in [0, 0.05) is 12.0 Å². The molecule has 2 saturated carbocycles. The van der Waals surface area contributed by atoms with Gasteiger partial charge in [0.2, 0.25) is 5.89 Å². The van der Waals surface area contributed by atoms with Gasteiger partial charge in [-0.05, 0) is 25.7 Å². The Kier molecular flexibility index (Phi) is 3.46. The molecule has 3 heteroatoms. The first-order valence-corrected chi connectivity index (χ1v) is 7.10. The van der Waals surface area contributed by atoms with Crippen LogP contribution in [0.25, 0.3) is 0 Å². The Morgan fingerprint density at radius 3 is 2.59 bits per heavy atom. The van der Waals surface area contributed by atoms with Gasteiger partial charge in [-0.15, -0.1) is 0 Å². The van der Waals surface area contributed by atoms with Crippen LogP contribution in [0, 0.1) is 0 Å². The molecule has 1 N–H and O–H groups in total. The molecular weight excluding hydrogens is 212 g/mol. The lowest BCUT2D eigenvalue weighted by atomic mass is 9.98. The van der Waals surface area contributed by atoms with E-state index in [0.717, 1.165) is 24.2 Å². The van der Waals surface area contributed by atoms with E-state index >= 15 is 0 Å². The number of nitrogens with zero attached hydrogens (tertiary/aromatic N) is 1. The average molecular weight is 234 g/mol. The van der Waals surface area contributed by atoms with Crippen molar-refractivity contribution in [1.29, 1.82) is 0 Å². The summed E-state index contributed by atoms with van der Waals surface area (Å²) >= 11 is 0. The Bertz CT molecular complexity index is 349. The SMILES string of the molecule is c1nc(CNC2CC2)oc1C1CCCCCC1. The Balaban J connectivity index is 1.57. The van der Waals surface area contributed by atoms with Gasteiger partial charge in [0.25, 0.3) is 0 Å². The summed E-state index contributed by atoms with van der Waals surface area (Å²) in [5, 5.41) is 3.45. The first-order chi connectivity index (χ1) is 8.42. The summed E-state index contributed by atoms with van der Waals surface area (Å²) in [5.41, 5.74) is 0. The van der Waals surface area contributed by atoms with E-state index in [0.29, 0.717) is 5.92 Å². The summed E-state index contributed by atoms with van der Waals surface area (Å²) in [5.74, 6) is 2.62. The maximum Gasteiger partial charge on any atom is 0.208 e. The molecule has 1 heterocycles. The summed E-state index contributed by atoms with van der Waals surface area (Å²) in [7, 11) is 0. The second-order valence-electron chi connectivity index (χ2n) is 5.50.